The third-order valence-corrected chi connectivity index (χ3v) is 3.27. The number of Topliss-reactive ketones (excluding diaryl/α,β-unsaturated/α-hetero) is 1. The number of carbonyl (C=O) groups excluding carboxylic acids is 2. The number of anilines is 1. The fourth-order valence-electron chi connectivity index (χ4n) is 1.78. The first-order valence-electron chi connectivity index (χ1n) is 4.97. The van der Waals surface area contributed by atoms with Crippen LogP contribution < -0.4 is 4.90 Å². The second-order valence-electron chi connectivity index (χ2n) is 3.61. The first kappa shape index (κ1) is 12.7. The molecule has 1 aromatic carbocycles. The van der Waals surface area contributed by atoms with E-state index < -0.39 is 11.7 Å². The summed E-state index contributed by atoms with van der Waals surface area (Å²) in [4.78, 5) is 24.9. The van der Waals surface area contributed by atoms with Gasteiger partial charge in [-0.25, -0.2) is 0 Å². The lowest BCUT2D eigenvalue weighted by Crippen LogP contribution is -2.31. The van der Waals surface area contributed by atoms with Gasteiger partial charge in [0.2, 0.25) is 0 Å². The number of nitrogens with zero attached hydrogens (tertiary/aromatic N) is 1. The maximum absolute atomic E-state index is 11.8. The molecule has 0 unspecified atom stereocenters. The summed E-state index contributed by atoms with van der Waals surface area (Å²) < 4.78 is 0. The zero-order valence-electron chi connectivity index (χ0n) is 8.67. The SMILES string of the molecule is O=C1C(=O)N(CCCCl)c2c(Cl)cc(Cl)cc21. The third-order valence-electron chi connectivity index (χ3n) is 2.50. The molecule has 0 aromatic heterocycles. The summed E-state index contributed by atoms with van der Waals surface area (Å²) in [6, 6.07) is 2.98. The average Bonchev–Trinajstić information content (AvgIpc) is 2.51. The Bertz CT molecular complexity index is 502. The molecular weight excluding hydrogens is 284 g/mol. The van der Waals surface area contributed by atoms with Crippen LogP contribution in [0.2, 0.25) is 10.0 Å². The molecule has 0 atom stereocenters. The van der Waals surface area contributed by atoms with Crippen LogP contribution in [0.25, 0.3) is 0 Å². The number of benzene rings is 1. The topological polar surface area (TPSA) is 37.4 Å². The molecule has 0 radical (unpaired) electrons. The number of hydrogen-bond donors (Lipinski definition) is 0. The Hall–Kier alpha value is -0.770. The van der Waals surface area contributed by atoms with Crippen molar-refractivity contribution in [3.05, 3.63) is 27.7 Å². The fraction of sp³-hybridized carbons (Fsp3) is 0.273. The van der Waals surface area contributed by atoms with Crippen molar-refractivity contribution < 1.29 is 9.59 Å². The van der Waals surface area contributed by atoms with Gasteiger partial charge in [0.15, 0.2) is 0 Å². The number of alkyl halides is 1. The summed E-state index contributed by atoms with van der Waals surface area (Å²) >= 11 is 17.4. The van der Waals surface area contributed by atoms with E-state index in [0.29, 0.717) is 34.6 Å². The molecule has 0 spiro atoms. The van der Waals surface area contributed by atoms with Crippen LogP contribution in [0.4, 0.5) is 5.69 Å². The monoisotopic (exact) mass is 291 g/mol. The van der Waals surface area contributed by atoms with Gasteiger partial charge in [0.25, 0.3) is 11.7 Å². The fourth-order valence-corrected chi connectivity index (χ4v) is 2.50. The lowest BCUT2D eigenvalue weighted by atomic mass is 10.1. The van der Waals surface area contributed by atoms with Crippen molar-refractivity contribution >= 4 is 52.2 Å². The molecule has 1 aliphatic heterocycles. The Kier molecular flexibility index (Phi) is 3.61. The Morgan fingerprint density at radius 3 is 2.53 bits per heavy atom. The van der Waals surface area contributed by atoms with Gasteiger partial charge in [-0.2, -0.15) is 0 Å². The molecule has 90 valence electrons. The van der Waals surface area contributed by atoms with Crippen LogP contribution in [-0.2, 0) is 4.79 Å². The highest BCUT2D eigenvalue weighted by Crippen LogP contribution is 2.38. The number of ketones is 1. The van der Waals surface area contributed by atoms with Gasteiger partial charge in [-0.15, -0.1) is 11.6 Å². The molecule has 1 aromatic rings. The zero-order valence-corrected chi connectivity index (χ0v) is 10.9. The van der Waals surface area contributed by atoms with Crippen molar-refractivity contribution in [1.82, 2.24) is 0 Å². The largest absolute Gasteiger partial charge is 0.303 e. The predicted molar refractivity (Wildman–Crippen MR) is 68.5 cm³/mol. The average molecular weight is 293 g/mol. The highest BCUT2D eigenvalue weighted by molar-refractivity contribution is 6.54. The van der Waals surface area contributed by atoms with Gasteiger partial charge < -0.3 is 4.90 Å². The van der Waals surface area contributed by atoms with Crippen molar-refractivity contribution in [2.45, 2.75) is 6.42 Å². The minimum Gasteiger partial charge on any atom is -0.303 e. The van der Waals surface area contributed by atoms with E-state index in [1.54, 1.807) is 0 Å². The maximum atomic E-state index is 11.8. The normalized spacial score (nSPS) is 14.4. The number of carbonyl (C=O) groups is 2. The van der Waals surface area contributed by atoms with E-state index >= 15 is 0 Å². The van der Waals surface area contributed by atoms with Crippen LogP contribution in [0.1, 0.15) is 16.8 Å². The maximum Gasteiger partial charge on any atom is 0.299 e. The Labute approximate surface area is 113 Å². The quantitative estimate of drug-likeness (QED) is 0.634. The molecule has 1 heterocycles. The molecule has 0 saturated carbocycles. The second-order valence-corrected chi connectivity index (χ2v) is 4.83. The standard InChI is InChI=1S/C11H8Cl3NO2/c12-2-1-3-15-9-7(10(16)11(15)17)4-6(13)5-8(9)14/h4-5H,1-3H2. The van der Waals surface area contributed by atoms with Crippen molar-refractivity contribution in [3.63, 3.8) is 0 Å². The lowest BCUT2D eigenvalue weighted by Gasteiger charge is -2.16. The molecule has 1 amide bonds. The van der Waals surface area contributed by atoms with E-state index in [9.17, 15) is 9.59 Å². The van der Waals surface area contributed by atoms with Crippen LogP contribution in [0.5, 0.6) is 0 Å². The summed E-state index contributed by atoms with van der Waals surface area (Å²) in [5.74, 6) is -0.730. The molecule has 3 nitrogen and oxygen atoms in total. The van der Waals surface area contributed by atoms with Gasteiger partial charge in [0, 0.05) is 17.4 Å². The minimum absolute atomic E-state index is 0.266. The van der Waals surface area contributed by atoms with Gasteiger partial charge in [0.05, 0.1) is 16.3 Å². The molecule has 0 aliphatic carbocycles. The first-order chi connectivity index (χ1) is 8.06. The van der Waals surface area contributed by atoms with Gasteiger partial charge in [-0.05, 0) is 18.6 Å². The second kappa shape index (κ2) is 4.84. The van der Waals surface area contributed by atoms with Crippen molar-refractivity contribution in [2.75, 3.05) is 17.3 Å². The number of amides is 1. The van der Waals surface area contributed by atoms with Gasteiger partial charge in [-0.3, -0.25) is 9.59 Å². The summed E-state index contributed by atoms with van der Waals surface area (Å²) in [6.45, 7) is 0.377. The van der Waals surface area contributed by atoms with Crippen LogP contribution in [0.3, 0.4) is 0 Å². The lowest BCUT2D eigenvalue weighted by molar-refractivity contribution is -0.114. The van der Waals surface area contributed by atoms with Crippen molar-refractivity contribution in [1.29, 1.82) is 0 Å². The molecule has 0 bridgehead atoms. The van der Waals surface area contributed by atoms with Gasteiger partial charge >= 0.3 is 0 Å². The Morgan fingerprint density at radius 1 is 1.18 bits per heavy atom. The van der Waals surface area contributed by atoms with E-state index in [2.05, 4.69) is 0 Å². The molecule has 17 heavy (non-hydrogen) atoms. The Balaban J connectivity index is 2.48. The first-order valence-corrected chi connectivity index (χ1v) is 6.26. The minimum atomic E-state index is -0.575. The van der Waals surface area contributed by atoms with E-state index in [-0.39, 0.29) is 5.56 Å². The highest BCUT2D eigenvalue weighted by atomic mass is 35.5. The van der Waals surface area contributed by atoms with Crippen LogP contribution in [-0.4, -0.2) is 24.1 Å². The van der Waals surface area contributed by atoms with Gasteiger partial charge in [-0.1, -0.05) is 23.2 Å². The smallest absolute Gasteiger partial charge is 0.299 e. The van der Waals surface area contributed by atoms with Crippen molar-refractivity contribution in [3.8, 4) is 0 Å². The highest BCUT2D eigenvalue weighted by Gasteiger charge is 2.37. The zero-order chi connectivity index (χ0) is 12.6. The molecule has 0 saturated heterocycles. The molecule has 0 fully saturated rings. The number of fused-ring (bicyclic) bond motifs is 1. The van der Waals surface area contributed by atoms with E-state index in [1.165, 1.54) is 17.0 Å². The van der Waals surface area contributed by atoms with E-state index in [0.717, 1.165) is 0 Å². The molecule has 0 N–H and O–H groups in total. The van der Waals surface area contributed by atoms with E-state index in [1.807, 2.05) is 0 Å². The van der Waals surface area contributed by atoms with Crippen LogP contribution >= 0.6 is 34.8 Å². The summed E-state index contributed by atoms with van der Waals surface area (Å²) in [5, 5.41) is 0.648. The van der Waals surface area contributed by atoms with Gasteiger partial charge in [0.1, 0.15) is 0 Å². The number of rotatable bonds is 3. The molecule has 1 aliphatic rings. The predicted octanol–water partition coefficient (Wildman–Crippen LogP) is 3.15. The Morgan fingerprint density at radius 2 is 1.88 bits per heavy atom. The molecule has 6 heteroatoms. The van der Waals surface area contributed by atoms with Crippen molar-refractivity contribution in [2.24, 2.45) is 0 Å². The summed E-state index contributed by atoms with van der Waals surface area (Å²) in [5.41, 5.74) is 0.707. The van der Waals surface area contributed by atoms with Crippen LogP contribution in [0.15, 0.2) is 12.1 Å². The van der Waals surface area contributed by atoms with E-state index in [4.69, 9.17) is 34.8 Å². The number of halogens is 3. The molecular formula is C11H8Cl3NO2. The third kappa shape index (κ3) is 2.15. The van der Waals surface area contributed by atoms with Crippen LogP contribution in [0, 0.1) is 0 Å². The summed E-state index contributed by atoms with van der Waals surface area (Å²) in [7, 11) is 0. The molecule has 2 rings (SSSR count). The summed E-state index contributed by atoms with van der Waals surface area (Å²) in [6.07, 6.45) is 0.596. The number of hydrogen-bond acceptors (Lipinski definition) is 2.